The van der Waals surface area contributed by atoms with Gasteiger partial charge < -0.3 is 14.9 Å². The molecule has 0 aliphatic carbocycles. The zero-order chi connectivity index (χ0) is 18.4. The van der Waals surface area contributed by atoms with Crippen molar-refractivity contribution in [3.05, 3.63) is 47.4 Å². The highest BCUT2D eigenvalue weighted by atomic mass is 19.4. The number of rotatable bonds is 3. The molecule has 4 nitrogen and oxygen atoms in total. The molecule has 0 radical (unpaired) electrons. The van der Waals surface area contributed by atoms with E-state index in [0.717, 1.165) is 18.2 Å². The Balaban J connectivity index is 2.23. The largest absolute Gasteiger partial charge is 0.490 e. The van der Waals surface area contributed by atoms with Gasteiger partial charge in [-0.15, -0.1) is 0 Å². The van der Waals surface area contributed by atoms with Crippen molar-refractivity contribution in [3.8, 4) is 17.0 Å². The van der Waals surface area contributed by atoms with E-state index in [4.69, 9.17) is 4.74 Å². The lowest BCUT2D eigenvalue weighted by atomic mass is 9.93. The maximum atomic E-state index is 13.3. The highest BCUT2D eigenvalue weighted by Crippen LogP contribution is 2.48. The number of aliphatic hydroxyl groups is 2. The van der Waals surface area contributed by atoms with E-state index in [1.54, 1.807) is 0 Å². The molecule has 0 saturated heterocycles. The molecule has 0 fully saturated rings. The SMILES string of the molecule is CC(O)(CO)c1cc2c(c(-c3ccc(F)cc3)n1)OCC2C(F)(F)F. The maximum Gasteiger partial charge on any atom is 0.399 e. The molecule has 134 valence electrons. The summed E-state index contributed by atoms with van der Waals surface area (Å²) in [4.78, 5) is 4.18. The predicted octanol–water partition coefficient (Wildman–Crippen LogP) is 3.13. The average Bonchev–Trinajstić information content (AvgIpc) is 2.99. The van der Waals surface area contributed by atoms with Gasteiger partial charge in [0.2, 0.25) is 0 Å². The van der Waals surface area contributed by atoms with Gasteiger partial charge >= 0.3 is 6.18 Å². The summed E-state index contributed by atoms with van der Waals surface area (Å²) in [6.45, 7) is -0.0762. The number of nitrogens with zero attached hydrogens (tertiary/aromatic N) is 1. The monoisotopic (exact) mass is 357 g/mol. The number of pyridine rings is 1. The lowest BCUT2D eigenvalue weighted by Crippen LogP contribution is -2.28. The molecule has 8 heteroatoms. The van der Waals surface area contributed by atoms with Gasteiger partial charge in [-0.1, -0.05) is 0 Å². The standard InChI is InChI=1S/C17H15F4NO3/c1-16(24,8-23)13-6-11-12(17(19,20)21)7-25-15(11)14(22-13)9-2-4-10(18)5-3-9/h2-6,12,23-24H,7-8H2,1H3. The Morgan fingerprint density at radius 2 is 1.88 bits per heavy atom. The van der Waals surface area contributed by atoms with E-state index in [1.165, 1.54) is 19.1 Å². The number of halogens is 4. The van der Waals surface area contributed by atoms with Gasteiger partial charge in [-0.3, -0.25) is 0 Å². The Bertz CT molecular complexity index is 788. The molecule has 1 aromatic heterocycles. The lowest BCUT2D eigenvalue weighted by molar-refractivity contribution is -0.151. The van der Waals surface area contributed by atoms with E-state index in [2.05, 4.69) is 4.98 Å². The fourth-order valence-corrected chi connectivity index (χ4v) is 2.65. The molecule has 2 N–H and O–H groups in total. The van der Waals surface area contributed by atoms with E-state index < -0.39 is 36.7 Å². The normalized spacial score (nSPS) is 19.2. The van der Waals surface area contributed by atoms with Crippen LogP contribution in [0.2, 0.25) is 0 Å². The van der Waals surface area contributed by atoms with Crippen LogP contribution in [-0.4, -0.2) is 34.6 Å². The number of hydrogen-bond acceptors (Lipinski definition) is 4. The molecule has 3 rings (SSSR count). The predicted molar refractivity (Wildman–Crippen MR) is 80.6 cm³/mol. The van der Waals surface area contributed by atoms with Crippen LogP contribution in [0.3, 0.4) is 0 Å². The molecule has 0 saturated carbocycles. The second kappa shape index (κ2) is 5.96. The second-order valence-corrected chi connectivity index (χ2v) is 6.12. The smallest absolute Gasteiger partial charge is 0.399 e. The summed E-state index contributed by atoms with van der Waals surface area (Å²) in [7, 11) is 0. The van der Waals surface area contributed by atoms with Gasteiger partial charge in [0, 0.05) is 11.1 Å². The van der Waals surface area contributed by atoms with E-state index in [-0.39, 0.29) is 22.7 Å². The summed E-state index contributed by atoms with van der Waals surface area (Å²) in [5.74, 6) is -2.42. The number of aliphatic hydroxyl groups excluding tert-OH is 1. The minimum absolute atomic E-state index is 0.0496. The Hall–Kier alpha value is -2.19. The number of aromatic nitrogens is 1. The first-order valence-electron chi connectivity index (χ1n) is 7.47. The molecule has 0 amide bonds. The first-order chi connectivity index (χ1) is 11.6. The Morgan fingerprint density at radius 1 is 1.24 bits per heavy atom. The third kappa shape index (κ3) is 3.19. The van der Waals surface area contributed by atoms with Crippen LogP contribution < -0.4 is 4.74 Å². The average molecular weight is 357 g/mol. The van der Waals surface area contributed by atoms with Gasteiger partial charge in [0.25, 0.3) is 0 Å². The van der Waals surface area contributed by atoms with Crippen molar-refractivity contribution in [2.45, 2.75) is 24.6 Å². The van der Waals surface area contributed by atoms with E-state index in [0.29, 0.717) is 5.56 Å². The zero-order valence-electron chi connectivity index (χ0n) is 13.1. The van der Waals surface area contributed by atoms with Crippen LogP contribution in [-0.2, 0) is 5.60 Å². The van der Waals surface area contributed by atoms with Crippen LogP contribution in [0.5, 0.6) is 5.75 Å². The molecule has 0 bridgehead atoms. The van der Waals surface area contributed by atoms with Crippen molar-refractivity contribution in [2.24, 2.45) is 0 Å². The Morgan fingerprint density at radius 3 is 2.44 bits per heavy atom. The topological polar surface area (TPSA) is 62.6 Å². The summed E-state index contributed by atoms with van der Waals surface area (Å²) < 4.78 is 58.2. The van der Waals surface area contributed by atoms with Crippen LogP contribution in [0.4, 0.5) is 17.6 Å². The first-order valence-corrected chi connectivity index (χ1v) is 7.47. The fraction of sp³-hybridized carbons (Fsp3) is 0.353. The third-order valence-electron chi connectivity index (χ3n) is 4.14. The minimum atomic E-state index is -4.53. The summed E-state index contributed by atoms with van der Waals surface area (Å²) in [6, 6.07) is 6.12. The van der Waals surface area contributed by atoms with Crippen molar-refractivity contribution >= 4 is 0 Å². The maximum absolute atomic E-state index is 13.3. The molecule has 1 aliphatic heterocycles. The number of alkyl halides is 3. The summed E-state index contributed by atoms with van der Waals surface area (Å²) in [5, 5.41) is 19.6. The van der Waals surface area contributed by atoms with Gasteiger partial charge in [0.05, 0.1) is 12.3 Å². The van der Waals surface area contributed by atoms with Crippen molar-refractivity contribution < 1.29 is 32.5 Å². The number of benzene rings is 1. The zero-order valence-corrected chi connectivity index (χ0v) is 13.1. The summed E-state index contributed by atoms with van der Waals surface area (Å²) in [5.41, 5.74) is -1.70. The van der Waals surface area contributed by atoms with Gasteiger partial charge in [0.1, 0.15) is 35.4 Å². The number of fused-ring (bicyclic) bond motifs is 1. The van der Waals surface area contributed by atoms with Crippen molar-refractivity contribution in [2.75, 3.05) is 13.2 Å². The fourth-order valence-electron chi connectivity index (χ4n) is 2.65. The highest BCUT2D eigenvalue weighted by molar-refractivity contribution is 5.70. The number of hydrogen-bond donors (Lipinski definition) is 2. The van der Waals surface area contributed by atoms with Gasteiger partial charge in [-0.2, -0.15) is 13.2 Å². The van der Waals surface area contributed by atoms with E-state index in [1.807, 2.05) is 0 Å². The molecule has 2 heterocycles. The summed E-state index contributed by atoms with van der Waals surface area (Å²) in [6.07, 6.45) is -4.53. The second-order valence-electron chi connectivity index (χ2n) is 6.12. The van der Waals surface area contributed by atoms with Crippen molar-refractivity contribution in [1.82, 2.24) is 4.98 Å². The minimum Gasteiger partial charge on any atom is -0.490 e. The van der Waals surface area contributed by atoms with E-state index in [9.17, 15) is 27.8 Å². The molecular formula is C17H15F4NO3. The van der Waals surface area contributed by atoms with Crippen LogP contribution in [0, 0.1) is 5.82 Å². The highest BCUT2D eigenvalue weighted by Gasteiger charge is 2.47. The molecule has 2 aromatic rings. The molecule has 0 spiro atoms. The van der Waals surface area contributed by atoms with E-state index >= 15 is 0 Å². The molecule has 25 heavy (non-hydrogen) atoms. The third-order valence-corrected chi connectivity index (χ3v) is 4.14. The Labute approximate surface area is 140 Å². The lowest BCUT2D eigenvalue weighted by Gasteiger charge is -2.22. The summed E-state index contributed by atoms with van der Waals surface area (Å²) >= 11 is 0. The van der Waals surface area contributed by atoms with Crippen molar-refractivity contribution in [1.29, 1.82) is 0 Å². The molecule has 2 atom stereocenters. The molecular weight excluding hydrogens is 342 g/mol. The Kier molecular flexibility index (Phi) is 4.20. The van der Waals surface area contributed by atoms with Crippen LogP contribution in [0.25, 0.3) is 11.3 Å². The first kappa shape index (κ1) is 17.6. The molecule has 2 unspecified atom stereocenters. The molecule has 1 aliphatic rings. The van der Waals surface area contributed by atoms with Gasteiger partial charge in [-0.05, 0) is 37.3 Å². The van der Waals surface area contributed by atoms with Crippen LogP contribution in [0.15, 0.2) is 30.3 Å². The van der Waals surface area contributed by atoms with Crippen LogP contribution in [0.1, 0.15) is 24.1 Å². The molecule has 1 aromatic carbocycles. The van der Waals surface area contributed by atoms with Gasteiger partial charge in [0.15, 0.2) is 0 Å². The van der Waals surface area contributed by atoms with Crippen molar-refractivity contribution in [3.63, 3.8) is 0 Å². The quantitative estimate of drug-likeness (QED) is 0.829. The van der Waals surface area contributed by atoms with Crippen LogP contribution >= 0.6 is 0 Å². The van der Waals surface area contributed by atoms with Gasteiger partial charge in [-0.25, -0.2) is 9.37 Å². The number of ether oxygens (including phenoxy) is 1.